The molecule has 8 heteroatoms. The van der Waals surface area contributed by atoms with E-state index in [9.17, 15) is 13.2 Å². The highest BCUT2D eigenvalue weighted by molar-refractivity contribution is 7.89. The largest absolute Gasteiger partial charge is 0.339 e. The smallest absolute Gasteiger partial charge is 0.238 e. The van der Waals surface area contributed by atoms with Gasteiger partial charge in [-0.15, -0.1) is 12.4 Å². The summed E-state index contributed by atoms with van der Waals surface area (Å²) in [6, 6.07) is 6.54. The number of carbonyl (C=O) groups is 1. The maximum atomic E-state index is 13.0. The highest BCUT2D eigenvalue weighted by Crippen LogP contribution is 2.42. The molecule has 3 unspecified atom stereocenters. The third-order valence-corrected chi connectivity index (χ3v) is 7.31. The summed E-state index contributed by atoms with van der Waals surface area (Å²) in [4.78, 5) is 14.9. The lowest BCUT2D eigenvalue weighted by atomic mass is 9.65. The van der Waals surface area contributed by atoms with E-state index >= 15 is 0 Å². The lowest BCUT2D eigenvalue weighted by molar-refractivity contribution is -0.139. The number of halogens is 1. The second kappa shape index (κ2) is 8.47. The molecule has 3 rings (SSSR count). The molecule has 2 aliphatic carbocycles. The lowest BCUT2D eigenvalue weighted by Gasteiger charge is -2.44. The molecule has 0 spiro atoms. The number of hydrogen-bond donors (Lipinski definition) is 2. The molecule has 0 radical (unpaired) electrons. The number of rotatable bonds is 4. The number of primary sulfonamides is 1. The summed E-state index contributed by atoms with van der Waals surface area (Å²) < 4.78 is 22.8. The molecule has 1 aromatic rings. The number of carbonyl (C=O) groups excluding carboxylic acids is 1. The van der Waals surface area contributed by atoms with Crippen LogP contribution < -0.4 is 10.9 Å². The minimum atomic E-state index is -3.71. The maximum absolute atomic E-state index is 13.0. The SMILES string of the molecule is CC(c1ccc(S(N)(=O)=O)cc1)N(C)C(=O)C1CC2CCCC(C1)C2N.Cl. The maximum Gasteiger partial charge on any atom is 0.238 e. The Bertz CT molecular complexity index is 755. The third kappa shape index (κ3) is 4.65. The minimum Gasteiger partial charge on any atom is -0.339 e. The highest BCUT2D eigenvalue weighted by atomic mass is 35.5. The topological polar surface area (TPSA) is 106 Å². The summed E-state index contributed by atoms with van der Waals surface area (Å²) in [5.41, 5.74) is 7.23. The van der Waals surface area contributed by atoms with E-state index in [1.807, 2.05) is 14.0 Å². The molecule has 2 fully saturated rings. The number of fused-ring (bicyclic) bond motifs is 2. The number of hydrogen-bond acceptors (Lipinski definition) is 4. The Balaban J connectivity index is 0.00000261. The van der Waals surface area contributed by atoms with E-state index in [1.165, 1.54) is 18.6 Å². The summed E-state index contributed by atoms with van der Waals surface area (Å²) in [6.07, 6.45) is 5.27. The van der Waals surface area contributed by atoms with Crippen LogP contribution in [0.3, 0.4) is 0 Å². The van der Waals surface area contributed by atoms with Crippen LogP contribution in [0.25, 0.3) is 0 Å². The van der Waals surface area contributed by atoms with E-state index in [2.05, 4.69) is 0 Å². The van der Waals surface area contributed by atoms with Crippen LogP contribution in [-0.2, 0) is 14.8 Å². The van der Waals surface area contributed by atoms with Crippen molar-refractivity contribution in [2.75, 3.05) is 7.05 Å². The number of nitrogens with zero attached hydrogens (tertiary/aromatic N) is 1. The summed E-state index contributed by atoms with van der Waals surface area (Å²) in [6.45, 7) is 1.96. The zero-order chi connectivity index (χ0) is 19.1. The van der Waals surface area contributed by atoms with Crippen molar-refractivity contribution < 1.29 is 13.2 Å². The normalized spacial score (nSPS) is 28.7. The minimum absolute atomic E-state index is 0. The standard InChI is InChI=1S/C19H29N3O3S.ClH/c1-12(13-6-8-17(9-7-13)26(21,24)25)22(2)19(23)16-10-14-4-3-5-15(11-16)18(14)20;/h6-9,12,14-16,18H,3-5,10-11,20H2,1-2H3,(H2,21,24,25);1H. The predicted molar refractivity (Wildman–Crippen MR) is 108 cm³/mol. The zero-order valence-electron chi connectivity index (χ0n) is 15.9. The number of amides is 1. The molecular formula is C19H30ClN3O3S. The monoisotopic (exact) mass is 415 g/mol. The number of sulfonamides is 1. The zero-order valence-corrected chi connectivity index (χ0v) is 17.5. The van der Waals surface area contributed by atoms with Crippen LogP contribution in [0.2, 0.25) is 0 Å². The Kier molecular flexibility index (Phi) is 6.95. The average Bonchev–Trinajstić information content (AvgIpc) is 2.59. The molecular weight excluding hydrogens is 386 g/mol. The van der Waals surface area contributed by atoms with Gasteiger partial charge < -0.3 is 10.6 Å². The number of nitrogens with two attached hydrogens (primary N) is 2. The van der Waals surface area contributed by atoms with Crippen molar-refractivity contribution in [2.45, 2.75) is 56.0 Å². The lowest BCUT2D eigenvalue weighted by Crippen LogP contribution is -2.49. The van der Waals surface area contributed by atoms with E-state index < -0.39 is 10.0 Å². The van der Waals surface area contributed by atoms with E-state index in [0.717, 1.165) is 31.2 Å². The third-order valence-electron chi connectivity index (χ3n) is 6.38. The van der Waals surface area contributed by atoms with Gasteiger partial charge in [-0.1, -0.05) is 18.6 Å². The van der Waals surface area contributed by atoms with Gasteiger partial charge in [-0.25, -0.2) is 13.6 Å². The molecule has 1 amide bonds. The molecule has 0 saturated heterocycles. The van der Waals surface area contributed by atoms with Gasteiger partial charge in [0.15, 0.2) is 0 Å². The Morgan fingerprint density at radius 2 is 1.67 bits per heavy atom. The molecule has 2 aliphatic rings. The molecule has 2 saturated carbocycles. The van der Waals surface area contributed by atoms with Crippen molar-refractivity contribution in [3.8, 4) is 0 Å². The van der Waals surface area contributed by atoms with Gasteiger partial charge in [-0.05, 0) is 62.1 Å². The summed E-state index contributed by atoms with van der Waals surface area (Å²) in [5.74, 6) is 1.14. The van der Waals surface area contributed by atoms with Crippen molar-refractivity contribution >= 4 is 28.3 Å². The quantitative estimate of drug-likeness (QED) is 0.787. The van der Waals surface area contributed by atoms with Gasteiger partial charge in [-0.3, -0.25) is 4.79 Å². The molecule has 0 aromatic heterocycles. The fourth-order valence-electron chi connectivity index (χ4n) is 4.63. The average molecular weight is 416 g/mol. The predicted octanol–water partition coefficient (Wildman–Crippen LogP) is 2.43. The molecule has 0 aliphatic heterocycles. The first-order chi connectivity index (χ1) is 12.2. The molecule has 27 heavy (non-hydrogen) atoms. The molecule has 1 aromatic carbocycles. The Labute approximate surface area is 168 Å². The van der Waals surface area contributed by atoms with Gasteiger partial charge in [0.25, 0.3) is 0 Å². The van der Waals surface area contributed by atoms with Crippen molar-refractivity contribution in [1.29, 1.82) is 0 Å². The second-order valence-electron chi connectivity index (χ2n) is 7.94. The summed E-state index contributed by atoms with van der Waals surface area (Å²) in [7, 11) is -1.88. The highest BCUT2D eigenvalue weighted by Gasteiger charge is 2.41. The summed E-state index contributed by atoms with van der Waals surface area (Å²) >= 11 is 0. The van der Waals surface area contributed by atoms with E-state index in [-0.39, 0.29) is 41.2 Å². The fraction of sp³-hybridized carbons (Fsp3) is 0.632. The first kappa shape index (κ1) is 22.1. The second-order valence-corrected chi connectivity index (χ2v) is 9.50. The molecule has 4 N–H and O–H groups in total. The van der Waals surface area contributed by atoms with Crippen molar-refractivity contribution in [2.24, 2.45) is 28.6 Å². The van der Waals surface area contributed by atoms with Crippen molar-refractivity contribution in [3.63, 3.8) is 0 Å². The number of benzene rings is 1. The Morgan fingerprint density at radius 1 is 1.15 bits per heavy atom. The van der Waals surface area contributed by atoms with Crippen LogP contribution >= 0.6 is 12.4 Å². The van der Waals surface area contributed by atoms with E-state index in [1.54, 1.807) is 17.0 Å². The molecule has 0 heterocycles. The molecule has 6 nitrogen and oxygen atoms in total. The van der Waals surface area contributed by atoms with Crippen LogP contribution in [0, 0.1) is 17.8 Å². The van der Waals surface area contributed by atoms with Gasteiger partial charge in [-0.2, -0.15) is 0 Å². The Hall–Kier alpha value is -1.15. The van der Waals surface area contributed by atoms with Crippen LogP contribution in [0.5, 0.6) is 0 Å². The molecule has 3 atom stereocenters. The van der Waals surface area contributed by atoms with Gasteiger partial charge in [0.05, 0.1) is 10.9 Å². The first-order valence-corrected chi connectivity index (χ1v) is 10.9. The van der Waals surface area contributed by atoms with Gasteiger partial charge in [0.1, 0.15) is 0 Å². The summed E-state index contributed by atoms with van der Waals surface area (Å²) in [5, 5.41) is 5.14. The van der Waals surface area contributed by atoms with Crippen LogP contribution in [-0.4, -0.2) is 32.3 Å². The van der Waals surface area contributed by atoms with Crippen molar-refractivity contribution in [1.82, 2.24) is 4.90 Å². The van der Waals surface area contributed by atoms with E-state index in [0.29, 0.717) is 11.8 Å². The molecule has 2 bridgehead atoms. The fourth-order valence-corrected chi connectivity index (χ4v) is 5.14. The van der Waals surface area contributed by atoms with Gasteiger partial charge in [0.2, 0.25) is 15.9 Å². The first-order valence-electron chi connectivity index (χ1n) is 9.33. The van der Waals surface area contributed by atoms with Gasteiger partial charge in [0, 0.05) is 19.0 Å². The molecule has 152 valence electrons. The van der Waals surface area contributed by atoms with Crippen molar-refractivity contribution in [3.05, 3.63) is 29.8 Å². The van der Waals surface area contributed by atoms with E-state index in [4.69, 9.17) is 10.9 Å². The van der Waals surface area contributed by atoms with Crippen LogP contribution in [0.1, 0.15) is 50.6 Å². The van der Waals surface area contributed by atoms with Crippen LogP contribution in [0.4, 0.5) is 0 Å². The van der Waals surface area contributed by atoms with Gasteiger partial charge >= 0.3 is 0 Å². The Morgan fingerprint density at radius 3 is 2.15 bits per heavy atom. The van der Waals surface area contributed by atoms with Crippen LogP contribution in [0.15, 0.2) is 29.2 Å².